The molecule has 7 aromatic rings. The Kier molecular flexibility index (Phi) is 4.46. The molecule has 0 atom stereocenters. The summed E-state index contributed by atoms with van der Waals surface area (Å²) < 4.78 is 4.44. The number of fused-ring (bicyclic) bond motifs is 6. The van der Waals surface area contributed by atoms with Gasteiger partial charge in [0.25, 0.3) is 5.91 Å². The Morgan fingerprint density at radius 2 is 0.861 bits per heavy atom. The number of nitrogen functional groups attached to an aromatic ring is 1. The Hall–Kier alpha value is -4.87. The number of para-hydroxylation sites is 4. The van der Waals surface area contributed by atoms with Crippen LogP contribution in [0.25, 0.3) is 55.0 Å². The van der Waals surface area contributed by atoms with Crippen LogP contribution in [0.2, 0.25) is 0 Å². The Bertz CT molecular complexity index is 1720. The molecule has 0 bridgehead atoms. The molecule has 2 heterocycles. The van der Waals surface area contributed by atoms with Gasteiger partial charge in [0.1, 0.15) is 0 Å². The standard InChI is InChI=1S/C31H22N4O/c32-33-31(36)20-17-21(34-27-13-5-1-9-23(27)24-10-2-6-14-28(24)34)19-22(18-20)35-29-15-7-3-11-25(29)26-12-4-8-16-30(26)35/h1-19H,32H2,(H,33,36). The highest BCUT2D eigenvalue weighted by Gasteiger charge is 2.18. The second-order valence-electron chi connectivity index (χ2n) is 8.95. The van der Waals surface area contributed by atoms with Crippen LogP contribution in [0.3, 0.4) is 0 Å². The maximum atomic E-state index is 12.9. The highest BCUT2D eigenvalue weighted by molar-refractivity contribution is 6.11. The lowest BCUT2D eigenvalue weighted by Crippen LogP contribution is -2.30. The maximum Gasteiger partial charge on any atom is 0.265 e. The van der Waals surface area contributed by atoms with E-state index in [-0.39, 0.29) is 5.91 Å². The molecule has 36 heavy (non-hydrogen) atoms. The molecule has 5 nitrogen and oxygen atoms in total. The van der Waals surface area contributed by atoms with Crippen LogP contribution in [0.15, 0.2) is 115 Å². The molecule has 0 fully saturated rings. The van der Waals surface area contributed by atoms with Gasteiger partial charge >= 0.3 is 0 Å². The van der Waals surface area contributed by atoms with E-state index >= 15 is 0 Å². The Balaban J connectivity index is 1.61. The van der Waals surface area contributed by atoms with Gasteiger partial charge in [0.15, 0.2) is 0 Å². The molecule has 0 aliphatic heterocycles. The van der Waals surface area contributed by atoms with E-state index < -0.39 is 0 Å². The number of nitrogens with zero attached hydrogens (tertiary/aromatic N) is 2. The molecule has 3 N–H and O–H groups in total. The van der Waals surface area contributed by atoms with Crippen LogP contribution in [0.4, 0.5) is 0 Å². The van der Waals surface area contributed by atoms with Gasteiger partial charge in [-0.25, -0.2) is 5.84 Å². The van der Waals surface area contributed by atoms with E-state index in [4.69, 9.17) is 5.84 Å². The molecule has 7 rings (SSSR count). The lowest BCUT2D eigenvalue weighted by Gasteiger charge is -2.15. The number of nitrogens with two attached hydrogens (primary N) is 1. The Morgan fingerprint density at radius 3 is 1.19 bits per heavy atom. The third-order valence-corrected chi connectivity index (χ3v) is 6.97. The van der Waals surface area contributed by atoms with E-state index in [1.54, 1.807) is 0 Å². The van der Waals surface area contributed by atoms with Gasteiger partial charge in [-0.15, -0.1) is 0 Å². The van der Waals surface area contributed by atoms with Crippen LogP contribution in [0.5, 0.6) is 0 Å². The van der Waals surface area contributed by atoms with Gasteiger partial charge in [0, 0.05) is 38.5 Å². The summed E-state index contributed by atoms with van der Waals surface area (Å²) in [6.45, 7) is 0. The lowest BCUT2D eigenvalue weighted by atomic mass is 10.1. The summed E-state index contributed by atoms with van der Waals surface area (Å²) >= 11 is 0. The molecule has 5 aromatic carbocycles. The highest BCUT2D eigenvalue weighted by Crippen LogP contribution is 2.35. The molecule has 0 spiro atoms. The molecular weight excluding hydrogens is 444 g/mol. The molecule has 0 saturated carbocycles. The number of carbonyl (C=O) groups excluding carboxylic acids is 1. The van der Waals surface area contributed by atoms with E-state index in [9.17, 15) is 4.79 Å². The topological polar surface area (TPSA) is 65.0 Å². The molecule has 172 valence electrons. The van der Waals surface area contributed by atoms with Crippen molar-refractivity contribution in [1.82, 2.24) is 14.6 Å². The van der Waals surface area contributed by atoms with E-state index in [1.165, 1.54) is 21.5 Å². The van der Waals surface area contributed by atoms with Crippen LogP contribution in [0, 0.1) is 0 Å². The average Bonchev–Trinajstić information content (AvgIpc) is 3.45. The zero-order valence-corrected chi connectivity index (χ0v) is 19.3. The van der Waals surface area contributed by atoms with Crippen molar-refractivity contribution < 1.29 is 4.79 Å². The summed E-state index contributed by atoms with van der Waals surface area (Å²) in [4.78, 5) is 12.9. The third kappa shape index (κ3) is 2.90. The largest absolute Gasteiger partial charge is 0.309 e. The number of carbonyl (C=O) groups is 1. The van der Waals surface area contributed by atoms with Crippen LogP contribution in [-0.2, 0) is 0 Å². The van der Waals surface area contributed by atoms with Gasteiger partial charge in [-0.2, -0.15) is 0 Å². The van der Waals surface area contributed by atoms with Crippen molar-refractivity contribution in [3.05, 3.63) is 121 Å². The van der Waals surface area contributed by atoms with Gasteiger partial charge in [0.2, 0.25) is 0 Å². The number of rotatable bonds is 3. The number of hydrogen-bond donors (Lipinski definition) is 2. The summed E-state index contributed by atoms with van der Waals surface area (Å²) in [5, 5.41) is 4.67. The summed E-state index contributed by atoms with van der Waals surface area (Å²) in [6.07, 6.45) is 0. The fourth-order valence-electron chi connectivity index (χ4n) is 5.47. The molecule has 0 aliphatic rings. The van der Waals surface area contributed by atoms with Gasteiger partial charge in [-0.3, -0.25) is 10.2 Å². The van der Waals surface area contributed by atoms with E-state index in [2.05, 4.69) is 93.4 Å². The van der Waals surface area contributed by atoms with Crippen molar-refractivity contribution in [3.63, 3.8) is 0 Å². The minimum absolute atomic E-state index is 0.334. The Labute approximate surface area is 206 Å². The van der Waals surface area contributed by atoms with Crippen molar-refractivity contribution in [2.24, 2.45) is 5.84 Å². The molecule has 5 heteroatoms. The summed E-state index contributed by atoms with van der Waals surface area (Å²) in [6, 6.07) is 39.4. The van der Waals surface area contributed by atoms with E-state index in [0.29, 0.717) is 5.56 Å². The van der Waals surface area contributed by atoms with Crippen LogP contribution >= 0.6 is 0 Å². The normalized spacial score (nSPS) is 11.6. The average molecular weight is 467 g/mol. The number of hydrogen-bond acceptors (Lipinski definition) is 2. The van der Waals surface area contributed by atoms with Crippen molar-refractivity contribution in [1.29, 1.82) is 0 Å². The fourth-order valence-corrected chi connectivity index (χ4v) is 5.47. The molecule has 0 unspecified atom stereocenters. The van der Waals surface area contributed by atoms with Crippen LogP contribution in [-0.4, -0.2) is 15.0 Å². The summed E-state index contributed by atoms with van der Waals surface area (Å²) in [5.41, 5.74) is 8.92. The zero-order valence-electron chi connectivity index (χ0n) is 19.3. The second kappa shape index (κ2) is 7.83. The minimum Gasteiger partial charge on any atom is -0.309 e. The maximum absolute atomic E-state index is 12.9. The molecule has 1 amide bonds. The lowest BCUT2D eigenvalue weighted by molar-refractivity contribution is 0.0953. The van der Waals surface area contributed by atoms with Gasteiger partial charge in [-0.05, 0) is 42.5 Å². The van der Waals surface area contributed by atoms with Crippen molar-refractivity contribution in [2.45, 2.75) is 0 Å². The van der Waals surface area contributed by atoms with Crippen molar-refractivity contribution in [2.75, 3.05) is 0 Å². The number of amides is 1. The number of benzene rings is 5. The number of nitrogens with one attached hydrogen (secondary N) is 1. The fraction of sp³-hybridized carbons (Fsp3) is 0. The summed E-state index contributed by atoms with van der Waals surface area (Å²) in [5.74, 6) is 5.26. The van der Waals surface area contributed by atoms with Gasteiger partial charge in [0.05, 0.1) is 22.1 Å². The first-order valence-electron chi connectivity index (χ1n) is 11.9. The number of aromatic nitrogens is 2. The van der Waals surface area contributed by atoms with Crippen molar-refractivity contribution in [3.8, 4) is 11.4 Å². The molecular formula is C31H22N4O. The first-order valence-corrected chi connectivity index (χ1v) is 11.9. The van der Waals surface area contributed by atoms with Crippen LogP contribution < -0.4 is 11.3 Å². The predicted molar refractivity (Wildman–Crippen MR) is 147 cm³/mol. The molecule has 0 aliphatic carbocycles. The second-order valence-corrected chi connectivity index (χ2v) is 8.95. The summed E-state index contributed by atoms with van der Waals surface area (Å²) in [7, 11) is 0. The predicted octanol–water partition coefficient (Wildman–Crippen LogP) is 6.48. The quantitative estimate of drug-likeness (QED) is 0.178. The van der Waals surface area contributed by atoms with Crippen molar-refractivity contribution >= 4 is 49.5 Å². The SMILES string of the molecule is NNC(=O)c1cc(-n2c3ccccc3c3ccccc32)cc(-n2c3ccccc3c3ccccc32)c1. The van der Waals surface area contributed by atoms with Crippen LogP contribution in [0.1, 0.15) is 10.4 Å². The van der Waals surface area contributed by atoms with E-state index in [1.807, 2.05) is 36.4 Å². The highest BCUT2D eigenvalue weighted by atomic mass is 16.2. The first-order chi connectivity index (χ1) is 17.7. The minimum atomic E-state index is -0.334. The first kappa shape index (κ1) is 20.5. The monoisotopic (exact) mass is 466 g/mol. The van der Waals surface area contributed by atoms with Gasteiger partial charge in [-0.1, -0.05) is 72.8 Å². The molecule has 0 radical (unpaired) electrons. The van der Waals surface area contributed by atoms with Gasteiger partial charge < -0.3 is 9.13 Å². The number of hydrazine groups is 1. The zero-order chi connectivity index (χ0) is 24.2. The Morgan fingerprint density at radius 1 is 0.528 bits per heavy atom. The third-order valence-electron chi connectivity index (χ3n) is 6.97. The van der Waals surface area contributed by atoms with E-state index in [0.717, 1.165) is 33.4 Å². The smallest absolute Gasteiger partial charge is 0.265 e. The molecule has 2 aromatic heterocycles. The molecule has 0 saturated heterocycles.